The first-order valence-corrected chi connectivity index (χ1v) is 13.1. The topological polar surface area (TPSA) is 106 Å². The van der Waals surface area contributed by atoms with Gasteiger partial charge in [0, 0.05) is 32.2 Å². The number of amides is 3. The number of benzene rings is 1. The molecule has 1 saturated carbocycles. The first-order chi connectivity index (χ1) is 16.6. The van der Waals surface area contributed by atoms with Crippen LogP contribution >= 0.6 is 11.8 Å². The van der Waals surface area contributed by atoms with Gasteiger partial charge in [0.15, 0.2) is 5.16 Å². The largest absolute Gasteiger partial charge is 0.379 e. The Hall–Kier alpha value is -2.43. The number of carbonyl (C=O) groups is 2. The molecule has 0 atom stereocenters. The third-order valence-corrected chi connectivity index (χ3v) is 7.29. The van der Waals surface area contributed by atoms with Gasteiger partial charge < -0.3 is 10.1 Å². The van der Waals surface area contributed by atoms with Gasteiger partial charge in [-0.1, -0.05) is 43.2 Å². The quantitative estimate of drug-likeness (QED) is 0.435. The summed E-state index contributed by atoms with van der Waals surface area (Å²) in [5.74, 6) is -0.396. The molecule has 0 bridgehead atoms. The second-order valence-corrected chi connectivity index (χ2v) is 9.76. The van der Waals surface area contributed by atoms with E-state index in [0.717, 1.165) is 65.0 Å². The molecule has 1 aromatic carbocycles. The number of rotatable bonds is 8. The van der Waals surface area contributed by atoms with E-state index in [1.165, 1.54) is 18.2 Å². The fraction of sp³-hybridized carbons (Fsp3) is 0.583. The molecular formula is C24H33N5O4S. The number of aromatic nitrogens is 2. The number of imide groups is 1. The van der Waals surface area contributed by atoms with Crippen molar-refractivity contribution in [3.05, 3.63) is 34.6 Å². The van der Waals surface area contributed by atoms with Gasteiger partial charge in [-0.05, 0) is 31.4 Å². The van der Waals surface area contributed by atoms with Gasteiger partial charge >= 0.3 is 6.03 Å². The molecule has 1 aliphatic heterocycles. The van der Waals surface area contributed by atoms with Crippen molar-refractivity contribution in [2.24, 2.45) is 0 Å². The predicted octanol–water partition coefficient (Wildman–Crippen LogP) is 2.37. The molecule has 0 radical (unpaired) electrons. The Bertz CT molecular complexity index is 1050. The van der Waals surface area contributed by atoms with Gasteiger partial charge in [0.2, 0.25) is 5.91 Å². The lowest BCUT2D eigenvalue weighted by Crippen LogP contribution is -2.45. The summed E-state index contributed by atoms with van der Waals surface area (Å²) in [6.45, 7) is 4.66. The van der Waals surface area contributed by atoms with Crippen LogP contribution in [0.1, 0.15) is 38.5 Å². The Morgan fingerprint density at radius 3 is 2.65 bits per heavy atom. The molecule has 1 saturated heterocycles. The highest BCUT2D eigenvalue weighted by atomic mass is 32.2. The third-order valence-electron chi connectivity index (χ3n) is 6.31. The Labute approximate surface area is 203 Å². The van der Waals surface area contributed by atoms with Crippen LogP contribution in [0.3, 0.4) is 0 Å². The van der Waals surface area contributed by atoms with Crippen molar-refractivity contribution in [1.82, 2.24) is 25.1 Å². The zero-order valence-electron chi connectivity index (χ0n) is 19.5. The van der Waals surface area contributed by atoms with E-state index in [9.17, 15) is 14.4 Å². The third kappa shape index (κ3) is 6.80. The molecule has 10 heteroatoms. The summed E-state index contributed by atoms with van der Waals surface area (Å²) in [7, 11) is 0. The fourth-order valence-corrected chi connectivity index (χ4v) is 5.32. The lowest BCUT2D eigenvalue weighted by molar-refractivity contribution is -0.117. The average molecular weight is 488 g/mol. The number of fused-ring (bicyclic) bond motifs is 1. The van der Waals surface area contributed by atoms with Crippen LogP contribution < -0.4 is 16.2 Å². The molecule has 1 aliphatic carbocycles. The molecule has 4 rings (SSSR count). The summed E-state index contributed by atoms with van der Waals surface area (Å²) in [5, 5.41) is 6.36. The minimum absolute atomic E-state index is 0.00628. The summed E-state index contributed by atoms with van der Waals surface area (Å²) in [4.78, 5) is 44.8. The standard InChI is InChI=1S/C24H33N5O4S/c30-21(27-23(32)25-18-7-2-1-3-8-18)17-34-24-26-20-10-5-4-9-19(20)22(31)29(24)12-6-11-28-13-15-33-16-14-28/h4-5,9-10,18H,1-3,6-8,11-17H2,(H2,25,27,30,32). The van der Waals surface area contributed by atoms with Gasteiger partial charge in [0.1, 0.15) is 0 Å². The van der Waals surface area contributed by atoms with Gasteiger partial charge in [-0.25, -0.2) is 9.78 Å². The highest BCUT2D eigenvalue weighted by Crippen LogP contribution is 2.19. The summed E-state index contributed by atoms with van der Waals surface area (Å²) in [6.07, 6.45) is 6.10. The smallest absolute Gasteiger partial charge is 0.321 e. The molecule has 0 unspecified atom stereocenters. The number of carbonyl (C=O) groups excluding carboxylic acids is 2. The van der Waals surface area contributed by atoms with Crippen molar-refractivity contribution in [3.63, 3.8) is 0 Å². The summed E-state index contributed by atoms with van der Waals surface area (Å²) in [5.41, 5.74) is 0.500. The van der Waals surface area contributed by atoms with Crippen LogP contribution in [0, 0.1) is 0 Å². The molecule has 34 heavy (non-hydrogen) atoms. The van der Waals surface area contributed by atoms with Crippen LogP contribution in [0.5, 0.6) is 0 Å². The fourth-order valence-electron chi connectivity index (χ4n) is 4.49. The van der Waals surface area contributed by atoms with E-state index in [2.05, 4.69) is 20.5 Å². The highest BCUT2D eigenvalue weighted by molar-refractivity contribution is 7.99. The lowest BCUT2D eigenvalue weighted by atomic mass is 9.96. The second kappa shape index (κ2) is 12.3. The maximum atomic E-state index is 13.2. The van der Waals surface area contributed by atoms with Crippen molar-refractivity contribution in [2.45, 2.75) is 56.3 Å². The van der Waals surface area contributed by atoms with Crippen LogP contribution in [-0.2, 0) is 16.1 Å². The van der Waals surface area contributed by atoms with E-state index in [0.29, 0.717) is 22.6 Å². The maximum absolute atomic E-state index is 13.2. The van der Waals surface area contributed by atoms with Crippen molar-refractivity contribution in [1.29, 1.82) is 0 Å². The van der Waals surface area contributed by atoms with E-state index in [1.807, 2.05) is 12.1 Å². The lowest BCUT2D eigenvalue weighted by Gasteiger charge is -2.26. The molecular weight excluding hydrogens is 454 g/mol. The Morgan fingerprint density at radius 1 is 1.09 bits per heavy atom. The molecule has 0 spiro atoms. The first kappa shape index (κ1) is 24.7. The van der Waals surface area contributed by atoms with Crippen LogP contribution in [0.25, 0.3) is 10.9 Å². The molecule has 2 aliphatic rings. The van der Waals surface area contributed by atoms with Crippen LogP contribution in [0.4, 0.5) is 4.79 Å². The van der Waals surface area contributed by atoms with E-state index < -0.39 is 11.9 Å². The number of nitrogens with one attached hydrogen (secondary N) is 2. The SMILES string of the molecule is O=C(CSc1nc2ccccc2c(=O)n1CCCN1CCOCC1)NC(=O)NC1CCCCC1. The Morgan fingerprint density at radius 2 is 1.85 bits per heavy atom. The summed E-state index contributed by atoms with van der Waals surface area (Å²) >= 11 is 1.18. The maximum Gasteiger partial charge on any atom is 0.321 e. The average Bonchev–Trinajstić information content (AvgIpc) is 2.85. The summed E-state index contributed by atoms with van der Waals surface area (Å²) in [6, 6.07) is 6.93. The number of ether oxygens (including phenoxy) is 1. The van der Waals surface area contributed by atoms with Crippen LogP contribution in [0.2, 0.25) is 0 Å². The number of morpholine rings is 1. The molecule has 3 amide bonds. The minimum atomic E-state index is -0.452. The molecule has 2 N–H and O–H groups in total. The van der Waals surface area contributed by atoms with Crippen LogP contribution in [0.15, 0.2) is 34.2 Å². The van der Waals surface area contributed by atoms with E-state index in [-0.39, 0.29) is 17.4 Å². The molecule has 2 fully saturated rings. The number of nitrogens with zero attached hydrogens (tertiary/aromatic N) is 3. The zero-order chi connectivity index (χ0) is 23.8. The van der Waals surface area contributed by atoms with E-state index >= 15 is 0 Å². The normalized spacial score (nSPS) is 17.5. The van der Waals surface area contributed by atoms with Gasteiger partial charge in [-0.15, -0.1) is 0 Å². The number of hydrogen-bond acceptors (Lipinski definition) is 7. The number of thioether (sulfide) groups is 1. The Kier molecular flexibility index (Phi) is 8.95. The predicted molar refractivity (Wildman–Crippen MR) is 132 cm³/mol. The minimum Gasteiger partial charge on any atom is -0.379 e. The number of para-hydroxylation sites is 1. The Balaban J connectivity index is 1.38. The van der Waals surface area contributed by atoms with Gasteiger partial charge in [0.25, 0.3) is 5.56 Å². The molecule has 184 valence electrons. The number of hydrogen-bond donors (Lipinski definition) is 2. The molecule has 2 heterocycles. The number of urea groups is 1. The van der Waals surface area contributed by atoms with E-state index in [1.54, 1.807) is 16.7 Å². The van der Waals surface area contributed by atoms with E-state index in [4.69, 9.17) is 4.74 Å². The van der Waals surface area contributed by atoms with Gasteiger partial charge in [0.05, 0.1) is 29.9 Å². The van der Waals surface area contributed by atoms with Gasteiger partial charge in [-0.3, -0.25) is 24.4 Å². The molecule has 2 aromatic rings. The first-order valence-electron chi connectivity index (χ1n) is 12.1. The zero-order valence-corrected chi connectivity index (χ0v) is 20.3. The molecule has 1 aromatic heterocycles. The van der Waals surface area contributed by atoms with Crippen molar-refractivity contribution in [2.75, 3.05) is 38.6 Å². The van der Waals surface area contributed by atoms with Crippen molar-refractivity contribution in [3.8, 4) is 0 Å². The molecule has 9 nitrogen and oxygen atoms in total. The summed E-state index contributed by atoms with van der Waals surface area (Å²) < 4.78 is 7.05. The second-order valence-electron chi connectivity index (χ2n) is 8.82. The van der Waals surface area contributed by atoms with Crippen molar-refractivity contribution < 1.29 is 14.3 Å². The van der Waals surface area contributed by atoms with Gasteiger partial charge in [-0.2, -0.15) is 0 Å². The monoisotopic (exact) mass is 487 g/mol. The van der Waals surface area contributed by atoms with Crippen LogP contribution in [-0.4, -0.2) is 71.0 Å². The van der Waals surface area contributed by atoms with Crippen molar-refractivity contribution >= 4 is 34.6 Å². The highest BCUT2D eigenvalue weighted by Gasteiger charge is 2.18.